The van der Waals surface area contributed by atoms with Gasteiger partial charge in [0.25, 0.3) is 0 Å². The zero-order valence-electron chi connectivity index (χ0n) is 10.6. The molecule has 1 unspecified atom stereocenters. The first-order valence-corrected chi connectivity index (χ1v) is 7.43. The fourth-order valence-electron chi connectivity index (χ4n) is 2.04. The van der Waals surface area contributed by atoms with Crippen molar-refractivity contribution in [2.24, 2.45) is 0 Å². The summed E-state index contributed by atoms with van der Waals surface area (Å²) in [5.74, 6) is 2.23. The third-order valence-corrected chi connectivity index (χ3v) is 4.35. The Morgan fingerprint density at radius 1 is 1.44 bits per heavy atom. The van der Waals surface area contributed by atoms with Gasteiger partial charge in [-0.25, -0.2) is 4.79 Å². The predicted molar refractivity (Wildman–Crippen MR) is 75.0 cm³/mol. The van der Waals surface area contributed by atoms with Gasteiger partial charge in [0, 0.05) is 18.3 Å². The number of methoxy groups -OCH3 is 1. The van der Waals surface area contributed by atoms with Crippen LogP contribution in [0.1, 0.15) is 28.8 Å². The summed E-state index contributed by atoms with van der Waals surface area (Å²) in [5.41, 5.74) is 1.81. The molecule has 18 heavy (non-hydrogen) atoms. The second kappa shape index (κ2) is 6.81. The molecule has 0 aromatic heterocycles. The molecule has 1 fully saturated rings. The lowest BCUT2D eigenvalue weighted by Gasteiger charge is -2.22. The van der Waals surface area contributed by atoms with Crippen LogP contribution in [0.25, 0.3) is 0 Å². The summed E-state index contributed by atoms with van der Waals surface area (Å²) in [4.78, 5) is 11.3. The van der Waals surface area contributed by atoms with E-state index in [4.69, 9.17) is 0 Å². The number of ether oxygens (including phenoxy) is 1. The van der Waals surface area contributed by atoms with Crippen molar-refractivity contribution in [2.45, 2.75) is 25.4 Å². The average Bonchev–Trinajstić information content (AvgIpc) is 2.46. The molecule has 1 aromatic rings. The van der Waals surface area contributed by atoms with Crippen LogP contribution in [0.5, 0.6) is 0 Å². The van der Waals surface area contributed by atoms with Crippen LogP contribution in [0.4, 0.5) is 0 Å². The molecule has 1 heterocycles. The number of rotatable bonds is 4. The molecule has 1 aromatic carbocycles. The number of hydrogen-bond acceptors (Lipinski definition) is 4. The topological polar surface area (TPSA) is 38.3 Å². The highest BCUT2D eigenvalue weighted by Crippen LogP contribution is 2.17. The quantitative estimate of drug-likeness (QED) is 0.849. The Kier molecular flexibility index (Phi) is 5.08. The van der Waals surface area contributed by atoms with Crippen LogP contribution in [0.3, 0.4) is 0 Å². The molecule has 0 saturated carbocycles. The van der Waals surface area contributed by atoms with Gasteiger partial charge in [-0.2, -0.15) is 11.8 Å². The van der Waals surface area contributed by atoms with Gasteiger partial charge in [-0.05, 0) is 36.3 Å². The minimum atomic E-state index is -0.279. The van der Waals surface area contributed by atoms with Gasteiger partial charge in [-0.3, -0.25) is 0 Å². The maximum atomic E-state index is 11.3. The molecule has 0 amide bonds. The SMILES string of the molecule is COC(=O)c1ccc(CNC2CCCSC2)cc1. The second-order valence-electron chi connectivity index (χ2n) is 4.48. The Balaban J connectivity index is 1.84. The van der Waals surface area contributed by atoms with Crippen LogP contribution >= 0.6 is 11.8 Å². The molecule has 1 saturated heterocycles. The van der Waals surface area contributed by atoms with Crippen molar-refractivity contribution in [3.63, 3.8) is 0 Å². The monoisotopic (exact) mass is 265 g/mol. The first-order valence-electron chi connectivity index (χ1n) is 6.28. The van der Waals surface area contributed by atoms with E-state index in [1.165, 1.54) is 37.0 Å². The van der Waals surface area contributed by atoms with E-state index >= 15 is 0 Å². The molecule has 1 aliphatic rings. The molecule has 1 atom stereocenters. The summed E-state index contributed by atoms with van der Waals surface area (Å²) in [6.45, 7) is 0.868. The van der Waals surface area contributed by atoms with Crippen LogP contribution < -0.4 is 5.32 Å². The number of carbonyl (C=O) groups excluding carboxylic acids is 1. The van der Waals surface area contributed by atoms with Crippen LogP contribution in [0, 0.1) is 0 Å². The highest BCUT2D eigenvalue weighted by Gasteiger charge is 2.12. The minimum Gasteiger partial charge on any atom is -0.465 e. The molecule has 4 heteroatoms. The Labute approximate surface area is 112 Å². The smallest absolute Gasteiger partial charge is 0.337 e. The van der Waals surface area contributed by atoms with Crippen molar-refractivity contribution < 1.29 is 9.53 Å². The fourth-order valence-corrected chi connectivity index (χ4v) is 3.15. The molecule has 3 nitrogen and oxygen atoms in total. The van der Waals surface area contributed by atoms with E-state index < -0.39 is 0 Å². The molecule has 0 spiro atoms. The van der Waals surface area contributed by atoms with Crippen molar-refractivity contribution >= 4 is 17.7 Å². The maximum absolute atomic E-state index is 11.3. The zero-order chi connectivity index (χ0) is 12.8. The zero-order valence-corrected chi connectivity index (χ0v) is 11.5. The highest BCUT2D eigenvalue weighted by atomic mass is 32.2. The van der Waals surface area contributed by atoms with Crippen LogP contribution in [0.2, 0.25) is 0 Å². The number of benzene rings is 1. The van der Waals surface area contributed by atoms with Gasteiger partial charge in [0.15, 0.2) is 0 Å². The number of esters is 1. The number of hydrogen-bond donors (Lipinski definition) is 1. The largest absolute Gasteiger partial charge is 0.465 e. The van der Waals surface area contributed by atoms with Crippen LogP contribution in [0.15, 0.2) is 24.3 Å². The molecule has 2 rings (SSSR count). The summed E-state index contributed by atoms with van der Waals surface area (Å²) in [7, 11) is 1.40. The predicted octanol–water partition coefficient (Wildman–Crippen LogP) is 2.46. The molecular weight excluding hydrogens is 246 g/mol. The van der Waals surface area contributed by atoms with E-state index in [-0.39, 0.29) is 5.97 Å². The fraction of sp³-hybridized carbons (Fsp3) is 0.500. The first kappa shape index (κ1) is 13.4. The van der Waals surface area contributed by atoms with E-state index in [9.17, 15) is 4.79 Å². The van der Waals surface area contributed by atoms with E-state index in [0.29, 0.717) is 11.6 Å². The van der Waals surface area contributed by atoms with Gasteiger partial charge in [-0.15, -0.1) is 0 Å². The summed E-state index contributed by atoms with van der Waals surface area (Å²) in [6.07, 6.45) is 2.58. The lowest BCUT2D eigenvalue weighted by atomic mass is 10.1. The van der Waals surface area contributed by atoms with Crippen molar-refractivity contribution in [3.8, 4) is 0 Å². The number of nitrogens with one attached hydrogen (secondary N) is 1. The average molecular weight is 265 g/mol. The molecule has 0 aliphatic carbocycles. The summed E-state index contributed by atoms with van der Waals surface area (Å²) < 4.78 is 4.67. The highest BCUT2D eigenvalue weighted by molar-refractivity contribution is 7.99. The molecule has 0 radical (unpaired) electrons. The lowest BCUT2D eigenvalue weighted by Crippen LogP contribution is -2.33. The van der Waals surface area contributed by atoms with E-state index in [1.807, 2.05) is 36.0 Å². The van der Waals surface area contributed by atoms with E-state index in [0.717, 1.165) is 6.54 Å². The molecular formula is C14H19NO2S. The van der Waals surface area contributed by atoms with Gasteiger partial charge in [0.2, 0.25) is 0 Å². The third-order valence-electron chi connectivity index (χ3n) is 3.13. The lowest BCUT2D eigenvalue weighted by molar-refractivity contribution is 0.0600. The van der Waals surface area contributed by atoms with Crippen molar-refractivity contribution in [1.29, 1.82) is 0 Å². The van der Waals surface area contributed by atoms with Gasteiger partial charge < -0.3 is 10.1 Å². The summed E-state index contributed by atoms with van der Waals surface area (Å²) >= 11 is 2.02. The Bertz CT molecular complexity index is 385. The number of carbonyl (C=O) groups is 1. The third kappa shape index (κ3) is 3.75. The van der Waals surface area contributed by atoms with Crippen molar-refractivity contribution in [3.05, 3.63) is 35.4 Å². The summed E-state index contributed by atoms with van der Waals surface area (Å²) in [5, 5.41) is 3.56. The number of thioether (sulfide) groups is 1. The van der Waals surface area contributed by atoms with Gasteiger partial charge in [-0.1, -0.05) is 12.1 Å². The van der Waals surface area contributed by atoms with Crippen LogP contribution in [-0.4, -0.2) is 30.6 Å². The van der Waals surface area contributed by atoms with Gasteiger partial charge >= 0.3 is 5.97 Å². The van der Waals surface area contributed by atoms with Crippen LogP contribution in [-0.2, 0) is 11.3 Å². The Morgan fingerprint density at radius 3 is 2.83 bits per heavy atom. The van der Waals surface area contributed by atoms with Crippen molar-refractivity contribution in [1.82, 2.24) is 5.32 Å². The van der Waals surface area contributed by atoms with Gasteiger partial charge in [0.1, 0.15) is 0 Å². The maximum Gasteiger partial charge on any atom is 0.337 e. The molecule has 1 aliphatic heterocycles. The standard InChI is InChI=1S/C14H19NO2S/c1-17-14(16)12-6-4-11(5-7-12)9-15-13-3-2-8-18-10-13/h4-7,13,15H,2-3,8-10H2,1H3. The Hall–Kier alpha value is -1.00. The minimum absolute atomic E-state index is 0.279. The van der Waals surface area contributed by atoms with Crippen molar-refractivity contribution in [2.75, 3.05) is 18.6 Å². The van der Waals surface area contributed by atoms with Gasteiger partial charge in [0.05, 0.1) is 12.7 Å². The molecule has 0 bridgehead atoms. The first-order chi connectivity index (χ1) is 8.79. The van der Waals surface area contributed by atoms with E-state index in [2.05, 4.69) is 10.1 Å². The second-order valence-corrected chi connectivity index (χ2v) is 5.63. The Morgan fingerprint density at radius 2 is 2.22 bits per heavy atom. The van der Waals surface area contributed by atoms with E-state index in [1.54, 1.807) is 0 Å². The molecule has 98 valence electrons. The summed E-state index contributed by atoms with van der Waals surface area (Å²) in [6, 6.07) is 8.23. The normalized spacial score (nSPS) is 19.5. The molecule has 1 N–H and O–H groups in total.